The Morgan fingerprint density at radius 2 is 1.40 bits per heavy atom. The zero-order valence-electron chi connectivity index (χ0n) is 12.8. The maximum atomic E-state index is 2.47. The summed E-state index contributed by atoms with van der Waals surface area (Å²) in [6, 6.07) is 22.7. The normalized spacial score (nSPS) is 12.8. The van der Waals surface area contributed by atoms with Gasteiger partial charge in [-0.2, -0.15) is 0 Å². The van der Waals surface area contributed by atoms with Gasteiger partial charge in [0.05, 0.1) is 0 Å². The van der Waals surface area contributed by atoms with E-state index in [0.717, 1.165) is 12.8 Å². The van der Waals surface area contributed by atoms with E-state index in [0.29, 0.717) is 12.1 Å². The van der Waals surface area contributed by atoms with Crippen LogP contribution in [-0.4, -0.2) is 18.0 Å². The van der Waals surface area contributed by atoms with Crippen molar-refractivity contribution in [2.24, 2.45) is 0 Å². The summed E-state index contributed by atoms with van der Waals surface area (Å²) in [4.78, 5) is 2.47. The van der Waals surface area contributed by atoms with Gasteiger partial charge in [-0.25, -0.2) is 0 Å². The lowest BCUT2D eigenvalue weighted by Gasteiger charge is -2.32. The first-order chi connectivity index (χ1) is 9.68. The molecule has 2 rings (SSSR count). The molecule has 0 aliphatic heterocycles. The zero-order valence-corrected chi connectivity index (χ0v) is 12.8. The highest BCUT2D eigenvalue weighted by Crippen LogP contribution is 2.26. The molecule has 0 aromatic heterocycles. The van der Waals surface area contributed by atoms with Gasteiger partial charge >= 0.3 is 0 Å². The standard InChI is InChI=1S/C19H25N/c1-16(2)20(3)19(18-12-8-5-9-13-18)15-14-17-10-6-4-7-11-17/h4-13,16,19H,14-15H2,1-3H3. The van der Waals surface area contributed by atoms with Crippen molar-refractivity contribution in [1.29, 1.82) is 0 Å². The topological polar surface area (TPSA) is 3.24 Å². The largest absolute Gasteiger partial charge is 0.297 e. The molecular weight excluding hydrogens is 242 g/mol. The summed E-state index contributed by atoms with van der Waals surface area (Å²) in [6.07, 6.45) is 2.28. The van der Waals surface area contributed by atoms with Crippen molar-refractivity contribution in [1.82, 2.24) is 4.90 Å². The van der Waals surface area contributed by atoms with E-state index in [-0.39, 0.29) is 0 Å². The van der Waals surface area contributed by atoms with Crippen LogP contribution in [0.5, 0.6) is 0 Å². The SMILES string of the molecule is CC(C)N(C)C(CCc1ccccc1)c1ccccc1. The first-order valence-corrected chi connectivity index (χ1v) is 7.49. The molecule has 0 saturated carbocycles. The third-order valence-corrected chi connectivity index (χ3v) is 4.04. The summed E-state index contributed by atoms with van der Waals surface area (Å²) in [6.45, 7) is 4.52. The molecule has 0 heterocycles. The van der Waals surface area contributed by atoms with Crippen molar-refractivity contribution in [3.05, 3.63) is 71.8 Å². The number of hydrogen-bond acceptors (Lipinski definition) is 1. The molecule has 0 amide bonds. The number of rotatable bonds is 6. The maximum Gasteiger partial charge on any atom is 0.0350 e. The van der Waals surface area contributed by atoms with Gasteiger partial charge in [0, 0.05) is 12.1 Å². The second-order valence-corrected chi connectivity index (χ2v) is 5.71. The number of hydrogen-bond donors (Lipinski definition) is 0. The van der Waals surface area contributed by atoms with Crippen LogP contribution in [0, 0.1) is 0 Å². The van der Waals surface area contributed by atoms with Gasteiger partial charge < -0.3 is 0 Å². The molecule has 1 unspecified atom stereocenters. The van der Waals surface area contributed by atoms with Crippen molar-refractivity contribution in [2.75, 3.05) is 7.05 Å². The predicted molar refractivity (Wildman–Crippen MR) is 86.8 cm³/mol. The third kappa shape index (κ3) is 3.94. The Morgan fingerprint density at radius 3 is 1.95 bits per heavy atom. The van der Waals surface area contributed by atoms with Crippen molar-refractivity contribution in [2.45, 2.75) is 38.8 Å². The Hall–Kier alpha value is -1.60. The summed E-state index contributed by atoms with van der Waals surface area (Å²) in [7, 11) is 2.23. The Labute approximate surface area is 123 Å². The van der Waals surface area contributed by atoms with Crippen LogP contribution in [0.3, 0.4) is 0 Å². The van der Waals surface area contributed by atoms with E-state index < -0.39 is 0 Å². The van der Waals surface area contributed by atoms with E-state index in [1.165, 1.54) is 11.1 Å². The fourth-order valence-corrected chi connectivity index (χ4v) is 2.59. The number of aryl methyl sites for hydroxylation is 1. The van der Waals surface area contributed by atoms with Gasteiger partial charge in [-0.1, -0.05) is 60.7 Å². The minimum atomic E-state index is 0.483. The van der Waals surface area contributed by atoms with Crippen LogP contribution >= 0.6 is 0 Å². The van der Waals surface area contributed by atoms with E-state index in [1.54, 1.807) is 0 Å². The lowest BCUT2D eigenvalue weighted by atomic mass is 9.97. The quantitative estimate of drug-likeness (QED) is 0.733. The first-order valence-electron chi connectivity index (χ1n) is 7.49. The average Bonchev–Trinajstić information content (AvgIpc) is 2.49. The van der Waals surface area contributed by atoms with Crippen LogP contribution < -0.4 is 0 Å². The molecular formula is C19H25N. The minimum absolute atomic E-state index is 0.483. The van der Waals surface area contributed by atoms with E-state index in [1.807, 2.05) is 0 Å². The van der Waals surface area contributed by atoms with Crippen LogP contribution in [0.1, 0.15) is 37.4 Å². The molecule has 106 valence electrons. The summed E-state index contributed by atoms with van der Waals surface area (Å²) >= 11 is 0. The van der Waals surface area contributed by atoms with Gasteiger partial charge in [0.25, 0.3) is 0 Å². The molecule has 0 saturated heterocycles. The Morgan fingerprint density at radius 1 is 0.850 bits per heavy atom. The fourth-order valence-electron chi connectivity index (χ4n) is 2.59. The van der Waals surface area contributed by atoms with Crippen LogP contribution in [0.25, 0.3) is 0 Å². The molecule has 0 N–H and O–H groups in total. The highest BCUT2D eigenvalue weighted by Gasteiger charge is 2.18. The third-order valence-electron chi connectivity index (χ3n) is 4.04. The fraction of sp³-hybridized carbons (Fsp3) is 0.368. The van der Waals surface area contributed by atoms with Crippen LogP contribution in [0.15, 0.2) is 60.7 Å². The highest BCUT2D eigenvalue weighted by atomic mass is 15.1. The van der Waals surface area contributed by atoms with Gasteiger partial charge in [-0.15, -0.1) is 0 Å². The summed E-state index contributed by atoms with van der Waals surface area (Å²) < 4.78 is 0. The molecule has 2 aromatic carbocycles. The van der Waals surface area contributed by atoms with Crippen molar-refractivity contribution in [3.63, 3.8) is 0 Å². The molecule has 20 heavy (non-hydrogen) atoms. The van der Waals surface area contributed by atoms with Gasteiger partial charge in [0.2, 0.25) is 0 Å². The molecule has 1 nitrogen and oxygen atoms in total. The van der Waals surface area contributed by atoms with Crippen molar-refractivity contribution >= 4 is 0 Å². The molecule has 1 heteroatoms. The zero-order chi connectivity index (χ0) is 14.4. The van der Waals surface area contributed by atoms with Gasteiger partial charge in [0.15, 0.2) is 0 Å². The smallest absolute Gasteiger partial charge is 0.0350 e. The molecule has 0 fully saturated rings. The summed E-state index contributed by atoms with van der Waals surface area (Å²) in [5, 5.41) is 0. The predicted octanol–water partition coefficient (Wildman–Crippen LogP) is 4.70. The van der Waals surface area contributed by atoms with E-state index >= 15 is 0 Å². The van der Waals surface area contributed by atoms with Crippen molar-refractivity contribution < 1.29 is 0 Å². The second kappa shape index (κ2) is 7.25. The summed E-state index contributed by atoms with van der Waals surface area (Å²) in [5.74, 6) is 0. The lowest BCUT2D eigenvalue weighted by Crippen LogP contribution is -2.31. The molecule has 0 bridgehead atoms. The van der Waals surface area contributed by atoms with Crippen molar-refractivity contribution in [3.8, 4) is 0 Å². The molecule has 0 aliphatic carbocycles. The molecule has 0 aliphatic rings. The number of nitrogens with zero attached hydrogens (tertiary/aromatic N) is 1. The highest BCUT2D eigenvalue weighted by molar-refractivity contribution is 5.21. The molecule has 1 atom stereocenters. The Kier molecular flexibility index (Phi) is 5.37. The molecule has 0 spiro atoms. The van der Waals surface area contributed by atoms with E-state index in [2.05, 4.69) is 86.5 Å². The lowest BCUT2D eigenvalue weighted by molar-refractivity contribution is 0.187. The molecule has 0 radical (unpaired) electrons. The monoisotopic (exact) mass is 267 g/mol. The summed E-state index contributed by atoms with van der Waals surface area (Å²) in [5.41, 5.74) is 2.84. The molecule has 2 aromatic rings. The Balaban J connectivity index is 2.11. The Bertz CT molecular complexity index is 490. The first kappa shape index (κ1) is 14.8. The van der Waals surface area contributed by atoms with Crippen LogP contribution in [0.2, 0.25) is 0 Å². The van der Waals surface area contributed by atoms with E-state index in [4.69, 9.17) is 0 Å². The van der Waals surface area contributed by atoms with Crippen LogP contribution in [0.4, 0.5) is 0 Å². The minimum Gasteiger partial charge on any atom is -0.297 e. The van der Waals surface area contributed by atoms with E-state index in [9.17, 15) is 0 Å². The number of benzene rings is 2. The van der Waals surface area contributed by atoms with Gasteiger partial charge in [-0.3, -0.25) is 4.90 Å². The maximum absolute atomic E-state index is 2.47. The van der Waals surface area contributed by atoms with Gasteiger partial charge in [-0.05, 0) is 44.9 Å². The van der Waals surface area contributed by atoms with Crippen LogP contribution in [-0.2, 0) is 6.42 Å². The van der Waals surface area contributed by atoms with Gasteiger partial charge in [0.1, 0.15) is 0 Å². The second-order valence-electron chi connectivity index (χ2n) is 5.71. The average molecular weight is 267 g/mol.